The lowest BCUT2D eigenvalue weighted by Crippen LogP contribution is -2.10. The molecule has 0 unspecified atom stereocenters. The zero-order valence-corrected chi connectivity index (χ0v) is 28.8. The molecule has 51 heavy (non-hydrogen) atoms. The fourth-order valence-corrected chi connectivity index (χ4v) is 9.26. The summed E-state index contributed by atoms with van der Waals surface area (Å²) >= 11 is 2.94. The van der Waals surface area contributed by atoms with Gasteiger partial charge < -0.3 is 10.6 Å². The van der Waals surface area contributed by atoms with Gasteiger partial charge in [-0.2, -0.15) is 8.75 Å². The summed E-state index contributed by atoms with van der Waals surface area (Å²) in [6, 6.07) is 40.7. The Morgan fingerprint density at radius 3 is 1.29 bits per heavy atom. The fourth-order valence-electron chi connectivity index (χ4n) is 7.41. The summed E-state index contributed by atoms with van der Waals surface area (Å²) in [5.41, 5.74) is 13.4. The van der Waals surface area contributed by atoms with Crippen molar-refractivity contribution in [1.29, 1.82) is 0 Å². The van der Waals surface area contributed by atoms with Crippen LogP contribution in [0.3, 0.4) is 0 Å². The van der Waals surface area contributed by atoms with E-state index in [1.54, 1.807) is 0 Å². The van der Waals surface area contributed by atoms with Gasteiger partial charge in [-0.25, -0.2) is 0 Å². The van der Waals surface area contributed by atoms with Gasteiger partial charge in [-0.1, -0.05) is 84.9 Å². The first-order valence-corrected chi connectivity index (χ1v) is 18.4. The van der Waals surface area contributed by atoms with Crippen LogP contribution in [-0.4, -0.2) is 20.3 Å². The van der Waals surface area contributed by atoms with Crippen LogP contribution < -0.4 is 10.6 Å². The number of ketones is 2. The molecule has 0 fully saturated rings. The summed E-state index contributed by atoms with van der Waals surface area (Å²) in [6.45, 7) is 1.29. The summed E-state index contributed by atoms with van der Waals surface area (Å²) in [6.07, 6.45) is 0.836. The maximum atomic E-state index is 13.2. The van der Waals surface area contributed by atoms with Crippen LogP contribution in [0.1, 0.15) is 54.1 Å². The van der Waals surface area contributed by atoms with Crippen molar-refractivity contribution in [3.8, 4) is 22.5 Å². The van der Waals surface area contributed by atoms with E-state index in [1.807, 2.05) is 60.7 Å². The Morgan fingerprint density at radius 2 is 0.863 bits per heavy atom. The number of nitrogens with one attached hydrogen (secondary N) is 2. The normalized spacial score (nSPS) is 12.6. The van der Waals surface area contributed by atoms with E-state index in [1.165, 1.54) is 34.2 Å². The Morgan fingerprint density at radius 1 is 0.451 bits per heavy atom. The van der Waals surface area contributed by atoms with Crippen molar-refractivity contribution in [3.63, 3.8) is 0 Å². The molecule has 8 heteroatoms. The molecule has 0 amide bonds. The van der Waals surface area contributed by atoms with E-state index in [9.17, 15) is 9.59 Å². The smallest absolute Gasteiger partial charge is 0.194 e. The lowest BCUT2D eigenvalue weighted by atomic mass is 9.87. The number of aromatic nitrogens is 2. The van der Waals surface area contributed by atoms with Gasteiger partial charge in [0.15, 0.2) is 11.6 Å². The predicted molar refractivity (Wildman–Crippen MR) is 207 cm³/mol. The summed E-state index contributed by atoms with van der Waals surface area (Å²) in [5, 5.41) is 9.09. The van der Waals surface area contributed by atoms with E-state index >= 15 is 0 Å². The van der Waals surface area contributed by atoms with Crippen molar-refractivity contribution >= 4 is 66.2 Å². The first-order chi connectivity index (χ1) is 25.1. The third-order valence-electron chi connectivity index (χ3n) is 10.0. The molecule has 2 N–H and O–H groups in total. The Bertz CT molecular complexity index is 2520. The van der Waals surface area contributed by atoms with Crippen LogP contribution in [0.15, 0.2) is 121 Å². The number of fused-ring (bicyclic) bond motifs is 4. The zero-order chi connectivity index (χ0) is 34.1. The fraction of sp³-hybridized carbons (Fsp3) is 0.0698. The highest BCUT2D eigenvalue weighted by Crippen LogP contribution is 2.43. The average Bonchev–Trinajstić information content (AvgIpc) is 3.83. The Kier molecular flexibility index (Phi) is 6.94. The molecule has 2 heterocycles. The molecule has 0 radical (unpaired) electrons. The zero-order valence-electron chi connectivity index (χ0n) is 27.2. The van der Waals surface area contributed by atoms with E-state index in [0.29, 0.717) is 13.1 Å². The Balaban J connectivity index is 0.790. The number of carbonyl (C=O) groups is 2. The second kappa shape index (κ2) is 11.8. The van der Waals surface area contributed by atoms with Crippen molar-refractivity contribution in [3.05, 3.63) is 166 Å². The Hall–Kier alpha value is -5.96. The number of carbonyl (C=O) groups excluding carboxylic acids is 2. The van der Waals surface area contributed by atoms with E-state index < -0.39 is 0 Å². The van der Waals surface area contributed by atoms with Gasteiger partial charge in [-0.15, -0.1) is 0 Å². The number of hydrogen-bond donors (Lipinski definition) is 2. The predicted octanol–water partition coefficient (Wildman–Crippen LogP) is 10.1. The molecule has 8 aromatic rings. The van der Waals surface area contributed by atoms with Crippen LogP contribution in [0.4, 0.5) is 11.4 Å². The maximum Gasteiger partial charge on any atom is 0.194 e. The van der Waals surface area contributed by atoms with Crippen LogP contribution in [0.25, 0.3) is 42.7 Å². The summed E-state index contributed by atoms with van der Waals surface area (Å²) in [7, 11) is 0. The summed E-state index contributed by atoms with van der Waals surface area (Å²) in [4.78, 5) is 26.4. The molecule has 2 aliphatic rings. The maximum absolute atomic E-state index is 13.2. The number of rotatable bonds is 8. The molecule has 0 aliphatic heterocycles. The largest absolute Gasteiger partial charge is 0.381 e. The van der Waals surface area contributed by atoms with Crippen molar-refractivity contribution in [2.45, 2.75) is 19.5 Å². The lowest BCUT2D eigenvalue weighted by molar-refractivity contribution is 0.103. The van der Waals surface area contributed by atoms with E-state index in [2.05, 4.69) is 71.3 Å². The van der Waals surface area contributed by atoms with Gasteiger partial charge in [0.25, 0.3) is 0 Å². The monoisotopic (exact) mass is 696 g/mol. The second-order valence-electron chi connectivity index (χ2n) is 13.0. The topological polar surface area (TPSA) is 84.0 Å². The van der Waals surface area contributed by atoms with Crippen molar-refractivity contribution in [2.24, 2.45) is 0 Å². The minimum atomic E-state index is 0.0725. The van der Waals surface area contributed by atoms with Gasteiger partial charge in [-0.3, -0.25) is 9.59 Å². The molecule has 2 aliphatic carbocycles. The molecular weight excluding hydrogens is 669 g/mol. The summed E-state index contributed by atoms with van der Waals surface area (Å²) < 4.78 is 11.7. The molecule has 244 valence electrons. The standard InChI is InChI=1S/C43H28N4O2S2/c48-40-32-7-3-1-5-30(32)38-36-34(40)19-13-26(42(36)50-46-38)22-44-28-15-9-24(10-16-28)21-25-11-17-29(18-12-25)45-23-27-14-20-35-37-39(47-51-43(27)37)31-6-2-4-8-33(31)41(35)49/h1-20,44-45H,21-23H2. The molecule has 6 nitrogen and oxygen atoms in total. The molecule has 0 atom stereocenters. The number of hydrogen-bond acceptors (Lipinski definition) is 8. The highest BCUT2D eigenvalue weighted by molar-refractivity contribution is 7.14. The van der Waals surface area contributed by atoms with Crippen molar-refractivity contribution in [2.75, 3.05) is 10.6 Å². The minimum absolute atomic E-state index is 0.0725. The second-order valence-corrected chi connectivity index (χ2v) is 14.6. The van der Waals surface area contributed by atoms with Crippen LogP contribution in [0, 0.1) is 0 Å². The first kappa shape index (κ1) is 29.9. The molecule has 6 aromatic carbocycles. The molecule has 10 rings (SSSR count). The van der Waals surface area contributed by atoms with Gasteiger partial charge in [0.2, 0.25) is 0 Å². The lowest BCUT2D eigenvalue weighted by Gasteiger charge is -2.16. The highest BCUT2D eigenvalue weighted by atomic mass is 32.1. The van der Waals surface area contributed by atoms with Crippen LogP contribution in [-0.2, 0) is 19.5 Å². The van der Waals surface area contributed by atoms with Crippen molar-refractivity contribution < 1.29 is 9.59 Å². The van der Waals surface area contributed by atoms with Crippen LogP contribution >= 0.6 is 23.1 Å². The van der Waals surface area contributed by atoms with Crippen LogP contribution in [0.2, 0.25) is 0 Å². The molecule has 2 aromatic heterocycles. The minimum Gasteiger partial charge on any atom is -0.381 e. The molecular formula is C43H28N4O2S2. The highest BCUT2D eigenvalue weighted by Gasteiger charge is 2.29. The molecule has 0 bridgehead atoms. The van der Waals surface area contributed by atoms with E-state index in [0.717, 1.165) is 93.9 Å². The first-order valence-electron chi connectivity index (χ1n) is 16.9. The van der Waals surface area contributed by atoms with Gasteiger partial charge in [0.1, 0.15) is 0 Å². The van der Waals surface area contributed by atoms with E-state index in [4.69, 9.17) is 8.75 Å². The van der Waals surface area contributed by atoms with Crippen LogP contribution in [0.5, 0.6) is 0 Å². The number of nitrogens with zero attached hydrogens (tertiary/aromatic N) is 2. The van der Waals surface area contributed by atoms with Gasteiger partial charge in [0, 0.05) is 68.6 Å². The number of anilines is 2. The van der Waals surface area contributed by atoms with Gasteiger partial charge >= 0.3 is 0 Å². The molecule has 0 saturated carbocycles. The average molecular weight is 697 g/mol. The number of benzene rings is 6. The van der Waals surface area contributed by atoms with Gasteiger partial charge in [-0.05, 0) is 88.1 Å². The SMILES string of the molecule is O=C1c2ccccc2-c2nsc3c(CNc4ccc(Cc5ccc(NCc6ccc7c8c(nsc68)-c6ccccc6C7=O)cc5)cc4)ccc1c23. The van der Waals surface area contributed by atoms with E-state index in [-0.39, 0.29) is 11.6 Å². The molecule has 0 spiro atoms. The third kappa shape index (κ3) is 4.90. The molecule has 0 saturated heterocycles. The van der Waals surface area contributed by atoms with Crippen molar-refractivity contribution in [1.82, 2.24) is 8.75 Å². The quantitative estimate of drug-likeness (QED) is 0.165. The van der Waals surface area contributed by atoms with Gasteiger partial charge in [0.05, 0.1) is 20.8 Å². The summed E-state index contributed by atoms with van der Waals surface area (Å²) in [5.74, 6) is 0.145. The third-order valence-corrected chi connectivity index (χ3v) is 11.9. The Labute approximate surface area is 301 Å².